The molecule has 0 heterocycles. The molecule has 2 aromatic carbocycles. The van der Waals surface area contributed by atoms with Gasteiger partial charge in [0.25, 0.3) is 5.69 Å². The fourth-order valence-electron chi connectivity index (χ4n) is 1.67. The molecule has 0 amide bonds. The van der Waals surface area contributed by atoms with Crippen molar-refractivity contribution in [3.8, 4) is 0 Å². The summed E-state index contributed by atoms with van der Waals surface area (Å²) in [4.78, 5) is 22.2. The molecule has 0 unspecified atom stereocenters. The summed E-state index contributed by atoms with van der Waals surface area (Å²) in [5.74, 6) is -0.211. The monoisotopic (exact) mass is 275 g/mol. The van der Waals surface area contributed by atoms with Gasteiger partial charge in [-0.25, -0.2) is 0 Å². The molecule has 4 nitrogen and oxygen atoms in total. The van der Waals surface area contributed by atoms with Crippen LogP contribution in [0, 0.1) is 17.0 Å². The van der Waals surface area contributed by atoms with E-state index in [1.165, 1.54) is 18.2 Å². The lowest BCUT2D eigenvalue weighted by molar-refractivity contribution is -0.384. The number of nitro groups is 1. The van der Waals surface area contributed by atoms with E-state index in [0.29, 0.717) is 11.1 Å². The van der Waals surface area contributed by atoms with E-state index < -0.39 is 4.92 Å². The second kappa shape index (κ2) is 5.20. The van der Waals surface area contributed by atoms with Crippen LogP contribution in [0.3, 0.4) is 0 Å². The largest absolute Gasteiger partial charge is 0.289 e. The number of aryl methyl sites for hydroxylation is 1. The molecule has 0 N–H and O–H groups in total. The lowest BCUT2D eigenvalue weighted by Crippen LogP contribution is -2.02. The van der Waals surface area contributed by atoms with Gasteiger partial charge in [0.15, 0.2) is 5.78 Å². The topological polar surface area (TPSA) is 60.2 Å². The van der Waals surface area contributed by atoms with Crippen LogP contribution in [0.1, 0.15) is 21.5 Å². The van der Waals surface area contributed by atoms with Crippen molar-refractivity contribution in [2.24, 2.45) is 0 Å². The predicted molar refractivity (Wildman–Crippen MR) is 72.7 cm³/mol. The van der Waals surface area contributed by atoms with Gasteiger partial charge in [0.1, 0.15) is 5.02 Å². The Bertz CT molecular complexity index is 650. The molecule has 2 aromatic rings. The van der Waals surface area contributed by atoms with Gasteiger partial charge >= 0.3 is 0 Å². The molecule has 0 spiro atoms. The summed E-state index contributed by atoms with van der Waals surface area (Å²) in [6.45, 7) is 1.93. The average Bonchev–Trinajstić information content (AvgIpc) is 2.38. The van der Waals surface area contributed by atoms with Gasteiger partial charge in [0, 0.05) is 17.2 Å². The first-order valence-electron chi connectivity index (χ1n) is 5.54. The highest BCUT2D eigenvalue weighted by Crippen LogP contribution is 2.26. The van der Waals surface area contributed by atoms with Crippen molar-refractivity contribution in [1.29, 1.82) is 0 Å². The number of hydrogen-bond donors (Lipinski definition) is 0. The quantitative estimate of drug-likeness (QED) is 0.486. The zero-order valence-corrected chi connectivity index (χ0v) is 10.8. The number of carbonyl (C=O) groups excluding carboxylic acids is 1. The van der Waals surface area contributed by atoms with E-state index in [-0.39, 0.29) is 16.5 Å². The van der Waals surface area contributed by atoms with Gasteiger partial charge < -0.3 is 0 Å². The summed E-state index contributed by atoms with van der Waals surface area (Å²) in [5, 5.41) is 10.6. The van der Waals surface area contributed by atoms with Crippen LogP contribution in [0.25, 0.3) is 0 Å². The van der Waals surface area contributed by atoms with Crippen molar-refractivity contribution in [2.45, 2.75) is 6.92 Å². The van der Waals surface area contributed by atoms with E-state index in [9.17, 15) is 14.9 Å². The Labute approximate surface area is 114 Å². The number of nitrogens with zero attached hydrogens (tertiary/aromatic N) is 1. The number of ketones is 1. The van der Waals surface area contributed by atoms with Crippen molar-refractivity contribution < 1.29 is 9.72 Å². The van der Waals surface area contributed by atoms with Crippen LogP contribution in [0.2, 0.25) is 5.02 Å². The molecule has 0 aromatic heterocycles. The van der Waals surface area contributed by atoms with Crippen LogP contribution < -0.4 is 0 Å². The first-order chi connectivity index (χ1) is 8.99. The van der Waals surface area contributed by atoms with Crippen LogP contribution in [0.5, 0.6) is 0 Å². The third kappa shape index (κ3) is 2.80. The maximum atomic E-state index is 12.2. The Balaban J connectivity index is 2.37. The molecule has 0 aliphatic heterocycles. The molecule has 2 rings (SSSR count). The van der Waals surface area contributed by atoms with E-state index in [4.69, 9.17) is 11.6 Å². The number of hydrogen-bond acceptors (Lipinski definition) is 3. The minimum absolute atomic E-state index is 0.0389. The molecule has 0 bridgehead atoms. The molecule has 19 heavy (non-hydrogen) atoms. The standard InChI is InChI=1S/C14H10ClNO3/c1-9-2-4-10(5-3-9)14(17)11-6-7-13(16(18)19)12(15)8-11/h2-8H,1H3. The van der Waals surface area contributed by atoms with Crippen LogP contribution in [0.15, 0.2) is 42.5 Å². The van der Waals surface area contributed by atoms with Crippen LogP contribution >= 0.6 is 11.6 Å². The minimum Gasteiger partial charge on any atom is -0.289 e. The Morgan fingerprint density at radius 1 is 1.11 bits per heavy atom. The lowest BCUT2D eigenvalue weighted by Gasteiger charge is -2.03. The molecule has 0 radical (unpaired) electrons. The second-order valence-corrected chi connectivity index (χ2v) is 4.53. The molecule has 96 valence electrons. The maximum absolute atomic E-state index is 12.2. The van der Waals surface area contributed by atoms with Gasteiger partial charge in [0.2, 0.25) is 0 Å². The maximum Gasteiger partial charge on any atom is 0.287 e. The molecule has 0 saturated carbocycles. The Morgan fingerprint density at radius 2 is 1.68 bits per heavy atom. The van der Waals surface area contributed by atoms with Crippen molar-refractivity contribution in [3.05, 3.63) is 74.3 Å². The third-order valence-corrected chi connectivity index (χ3v) is 3.02. The zero-order valence-electron chi connectivity index (χ0n) is 10.1. The molecular weight excluding hydrogens is 266 g/mol. The van der Waals surface area contributed by atoms with Gasteiger partial charge in [-0.15, -0.1) is 0 Å². The van der Waals surface area contributed by atoms with E-state index >= 15 is 0 Å². The van der Waals surface area contributed by atoms with Crippen LogP contribution in [-0.2, 0) is 0 Å². The average molecular weight is 276 g/mol. The van der Waals surface area contributed by atoms with Crippen molar-refractivity contribution in [3.63, 3.8) is 0 Å². The fourth-order valence-corrected chi connectivity index (χ4v) is 1.92. The number of nitro benzene ring substituents is 1. The van der Waals surface area contributed by atoms with E-state index in [1.807, 2.05) is 19.1 Å². The van der Waals surface area contributed by atoms with E-state index in [2.05, 4.69) is 0 Å². The van der Waals surface area contributed by atoms with E-state index in [0.717, 1.165) is 5.56 Å². The number of rotatable bonds is 3. The Kier molecular flexibility index (Phi) is 3.62. The van der Waals surface area contributed by atoms with Gasteiger partial charge in [-0.05, 0) is 19.1 Å². The van der Waals surface area contributed by atoms with Crippen LogP contribution in [-0.4, -0.2) is 10.7 Å². The SMILES string of the molecule is Cc1ccc(C(=O)c2ccc([N+](=O)[O-])c(Cl)c2)cc1. The van der Waals surface area contributed by atoms with E-state index in [1.54, 1.807) is 12.1 Å². The summed E-state index contributed by atoms with van der Waals surface area (Å²) in [7, 11) is 0. The summed E-state index contributed by atoms with van der Waals surface area (Å²) in [5.41, 5.74) is 1.70. The fraction of sp³-hybridized carbons (Fsp3) is 0.0714. The van der Waals surface area contributed by atoms with Crippen molar-refractivity contribution in [1.82, 2.24) is 0 Å². The van der Waals surface area contributed by atoms with Gasteiger partial charge in [-0.1, -0.05) is 41.4 Å². The summed E-state index contributed by atoms with van der Waals surface area (Å²) in [6.07, 6.45) is 0. The summed E-state index contributed by atoms with van der Waals surface area (Å²) >= 11 is 5.79. The second-order valence-electron chi connectivity index (χ2n) is 4.12. The highest BCUT2D eigenvalue weighted by atomic mass is 35.5. The molecular formula is C14H10ClNO3. The normalized spacial score (nSPS) is 10.2. The van der Waals surface area contributed by atoms with Gasteiger partial charge in [-0.3, -0.25) is 14.9 Å². The molecule has 0 aliphatic carbocycles. The van der Waals surface area contributed by atoms with Crippen molar-refractivity contribution >= 4 is 23.1 Å². The highest BCUT2D eigenvalue weighted by molar-refractivity contribution is 6.33. The molecule has 0 saturated heterocycles. The number of halogens is 1. The Morgan fingerprint density at radius 3 is 2.21 bits per heavy atom. The Hall–Kier alpha value is -2.20. The molecule has 5 heteroatoms. The smallest absolute Gasteiger partial charge is 0.287 e. The number of carbonyl (C=O) groups is 1. The van der Waals surface area contributed by atoms with Crippen LogP contribution in [0.4, 0.5) is 5.69 Å². The summed E-state index contributed by atoms with van der Waals surface area (Å²) in [6, 6.07) is 11.1. The summed E-state index contributed by atoms with van der Waals surface area (Å²) < 4.78 is 0. The van der Waals surface area contributed by atoms with Crippen molar-refractivity contribution in [2.75, 3.05) is 0 Å². The predicted octanol–water partition coefficient (Wildman–Crippen LogP) is 3.79. The van der Waals surface area contributed by atoms with Gasteiger partial charge in [0.05, 0.1) is 4.92 Å². The highest BCUT2D eigenvalue weighted by Gasteiger charge is 2.16. The molecule has 0 fully saturated rings. The minimum atomic E-state index is -0.581. The first kappa shape index (κ1) is 13.2. The zero-order chi connectivity index (χ0) is 14.0. The first-order valence-corrected chi connectivity index (χ1v) is 5.92. The molecule has 0 aliphatic rings. The third-order valence-electron chi connectivity index (χ3n) is 2.72. The lowest BCUT2D eigenvalue weighted by atomic mass is 10.0. The van der Waals surface area contributed by atoms with Gasteiger partial charge in [-0.2, -0.15) is 0 Å². The molecule has 0 atom stereocenters. The number of benzene rings is 2.